The summed E-state index contributed by atoms with van der Waals surface area (Å²) in [6.07, 6.45) is 0. The number of carbonyl (C=O) groups excluding carboxylic acids is 2. The number of hydrogen-bond donors (Lipinski definition) is 2. The molecule has 1 aromatic rings. The Hall–Kier alpha value is -1.59. The molecule has 0 atom stereocenters. The van der Waals surface area contributed by atoms with Crippen molar-refractivity contribution < 1.29 is 14.7 Å². The first kappa shape index (κ1) is 17.5. The Morgan fingerprint density at radius 3 is 2.48 bits per heavy atom. The summed E-state index contributed by atoms with van der Waals surface area (Å²) in [6, 6.07) is 4.74. The van der Waals surface area contributed by atoms with Gasteiger partial charge in [0.25, 0.3) is 5.91 Å². The average Bonchev–Trinajstić information content (AvgIpc) is 2.36. The van der Waals surface area contributed by atoms with Crippen LogP contribution in [0.15, 0.2) is 18.2 Å². The highest BCUT2D eigenvalue weighted by Gasteiger charge is 2.24. The SMILES string of the molecule is CCN(CC(C)(C)O)C(=O)c1cc(NC(C)=O)ccc1Cl. The van der Waals surface area contributed by atoms with E-state index in [-0.39, 0.29) is 18.4 Å². The summed E-state index contributed by atoms with van der Waals surface area (Å²) in [5.74, 6) is -0.503. The van der Waals surface area contributed by atoms with Crippen LogP contribution in [-0.4, -0.2) is 40.5 Å². The molecule has 0 aliphatic carbocycles. The molecule has 0 heterocycles. The Labute approximate surface area is 129 Å². The number of anilines is 1. The summed E-state index contributed by atoms with van der Waals surface area (Å²) in [4.78, 5) is 25.1. The molecule has 0 unspecified atom stereocenters. The molecule has 0 aromatic heterocycles. The summed E-state index contributed by atoms with van der Waals surface area (Å²) in [5.41, 5.74) is -0.184. The van der Waals surface area contributed by atoms with Gasteiger partial charge in [-0.3, -0.25) is 9.59 Å². The van der Waals surface area contributed by atoms with Crippen LogP contribution in [0.1, 0.15) is 38.1 Å². The largest absolute Gasteiger partial charge is 0.389 e. The molecule has 1 aromatic carbocycles. The minimum absolute atomic E-state index is 0.197. The van der Waals surface area contributed by atoms with Gasteiger partial charge in [-0.1, -0.05) is 11.6 Å². The molecule has 0 spiro atoms. The van der Waals surface area contributed by atoms with Crippen molar-refractivity contribution in [1.82, 2.24) is 4.90 Å². The quantitative estimate of drug-likeness (QED) is 0.877. The number of halogens is 1. The zero-order chi connectivity index (χ0) is 16.2. The van der Waals surface area contributed by atoms with Crippen LogP contribution in [0.2, 0.25) is 5.02 Å². The third-order valence-electron chi connectivity index (χ3n) is 2.76. The van der Waals surface area contributed by atoms with Crippen LogP contribution in [0.25, 0.3) is 0 Å². The zero-order valence-corrected chi connectivity index (χ0v) is 13.5. The van der Waals surface area contributed by atoms with Crippen molar-refractivity contribution in [1.29, 1.82) is 0 Å². The van der Waals surface area contributed by atoms with E-state index >= 15 is 0 Å². The minimum atomic E-state index is -0.993. The van der Waals surface area contributed by atoms with Crippen molar-refractivity contribution in [2.24, 2.45) is 0 Å². The van der Waals surface area contributed by atoms with E-state index in [1.54, 1.807) is 32.0 Å². The molecule has 2 N–H and O–H groups in total. The third-order valence-corrected chi connectivity index (χ3v) is 3.09. The highest BCUT2D eigenvalue weighted by molar-refractivity contribution is 6.34. The van der Waals surface area contributed by atoms with Crippen LogP contribution in [0.5, 0.6) is 0 Å². The van der Waals surface area contributed by atoms with Crippen LogP contribution < -0.4 is 5.32 Å². The summed E-state index contributed by atoms with van der Waals surface area (Å²) in [7, 11) is 0. The Balaban J connectivity index is 3.06. The van der Waals surface area contributed by atoms with Gasteiger partial charge >= 0.3 is 0 Å². The summed E-state index contributed by atoms with van der Waals surface area (Å²) in [6.45, 7) is 7.14. The molecule has 5 nitrogen and oxygen atoms in total. The molecule has 2 amide bonds. The van der Waals surface area contributed by atoms with Gasteiger partial charge in [-0.25, -0.2) is 0 Å². The smallest absolute Gasteiger partial charge is 0.255 e. The number of aliphatic hydroxyl groups is 1. The molecule has 21 heavy (non-hydrogen) atoms. The van der Waals surface area contributed by atoms with Crippen LogP contribution in [-0.2, 0) is 4.79 Å². The fourth-order valence-corrected chi connectivity index (χ4v) is 2.13. The Morgan fingerprint density at radius 1 is 1.38 bits per heavy atom. The van der Waals surface area contributed by atoms with Crippen LogP contribution >= 0.6 is 11.6 Å². The van der Waals surface area contributed by atoms with E-state index in [1.165, 1.54) is 11.8 Å². The predicted octanol–water partition coefficient (Wildman–Crippen LogP) is 2.53. The number of nitrogens with zero attached hydrogens (tertiary/aromatic N) is 1. The molecular formula is C15H21ClN2O3. The van der Waals surface area contributed by atoms with E-state index in [0.29, 0.717) is 22.8 Å². The molecule has 0 fully saturated rings. The number of hydrogen-bond acceptors (Lipinski definition) is 3. The van der Waals surface area contributed by atoms with Gasteiger partial charge in [0.15, 0.2) is 0 Å². The Morgan fingerprint density at radius 2 is 2.00 bits per heavy atom. The third kappa shape index (κ3) is 5.36. The van der Waals surface area contributed by atoms with Gasteiger partial charge in [0.2, 0.25) is 5.91 Å². The molecule has 6 heteroatoms. The van der Waals surface area contributed by atoms with Crippen LogP contribution in [0, 0.1) is 0 Å². The molecular weight excluding hydrogens is 292 g/mol. The van der Waals surface area contributed by atoms with E-state index in [9.17, 15) is 14.7 Å². The number of likely N-dealkylation sites (N-methyl/N-ethyl adjacent to an activating group) is 1. The number of nitrogens with one attached hydrogen (secondary N) is 1. The molecule has 0 saturated heterocycles. The van der Waals surface area contributed by atoms with Crippen molar-refractivity contribution >= 4 is 29.1 Å². The molecule has 1 rings (SSSR count). The molecule has 0 bridgehead atoms. The lowest BCUT2D eigenvalue weighted by molar-refractivity contribution is -0.114. The monoisotopic (exact) mass is 312 g/mol. The van der Waals surface area contributed by atoms with Crippen LogP contribution in [0.4, 0.5) is 5.69 Å². The van der Waals surface area contributed by atoms with Gasteiger partial charge in [0, 0.05) is 25.7 Å². The normalized spacial score (nSPS) is 11.1. The highest BCUT2D eigenvalue weighted by Crippen LogP contribution is 2.23. The van der Waals surface area contributed by atoms with Gasteiger partial charge in [-0.15, -0.1) is 0 Å². The Kier molecular flexibility index (Phi) is 5.75. The topological polar surface area (TPSA) is 69.6 Å². The summed E-state index contributed by atoms with van der Waals surface area (Å²) >= 11 is 6.08. The van der Waals surface area contributed by atoms with Gasteiger partial charge in [0.05, 0.1) is 16.2 Å². The molecule has 0 saturated carbocycles. The lowest BCUT2D eigenvalue weighted by Crippen LogP contribution is -2.42. The van der Waals surface area contributed by atoms with E-state index in [0.717, 1.165) is 0 Å². The fraction of sp³-hybridized carbons (Fsp3) is 0.467. The number of benzene rings is 1. The molecule has 116 valence electrons. The van der Waals surface area contributed by atoms with E-state index in [2.05, 4.69) is 5.32 Å². The van der Waals surface area contributed by atoms with Crippen molar-refractivity contribution in [2.45, 2.75) is 33.3 Å². The Bertz CT molecular complexity index is 538. The van der Waals surface area contributed by atoms with E-state index < -0.39 is 5.60 Å². The van der Waals surface area contributed by atoms with Crippen LogP contribution in [0.3, 0.4) is 0 Å². The molecule has 0 aliphatic heterocycles. The van der Waals surface area contributed by atoms with E-state index in [1.807, 2.05) is 6.92 Å². The first-order chi connectivity index (χ1) is 9.64. The minimum Gasteiger partial charge on any atom is -0.389 e. The maximum absolute atomic E-state index is 12.5. The second-order valence-corrected chi connectivity index (χ2v) is 5.91. The van der Waals surface area contributed by atoms with Gasteiger partial charge in [-0.05, 0) is 39.0 Å². The van der Waals surface area contributed by atoms with Crippen molar-refractivity contribution in [3.63, 3.8) is 0 Å². The van der Waals surface area contributed by atoms with E-state index in [4.69, 9.17) is 11.6 Å². The maximum atomic E-state index is 12.5. The lowest BCUT2D eigenvalue weighted by Gasteiger charge is -2.28. The van der Waals surface area contributed by atoms with Crippen molar-refractivity contribution in [3.8, 4) is 0 Å². The predicted molar refractivity (Wildman–Crippen MR) is 83.6 cm³/mol. The number of amides is 2. The average molecular weight is 313 g/mol. The standard InChI is InChI=1S/C15H21ClN2O3/c1-5-18(9-15(3,4)21)14(20)12-8-11(17-10(2)19)6-7-13(12)16/h6-8,21H,5,9H2,1-4H3,(H,17,19). The fourth-order valence-electron chi connectivity index (χ4n) is 1.93. The summed E-state index contributed by atoms with van der Waals surface area (Å²) < 4.78 is 0. The van der Waals surface area contributed by atoms with Crippen molar-refractivity contribution in [2.75, 3.05) is 18.4 Å². The van der Waals surface area contributed by atoms with Crippen molar-refractivity contribution in [3.05, 3.63) is 28.8 Å². The van der Waals surface area contributed by atoms with Gasteiger partial charge in [0.1, 0.15) is 0 Å². The lowest BCUT2D eigenvalue weighted by atomic mass is 10.1. The summed E-state index contributed by atoms with van der Waals surface area (Å²) in [5, 5.41) is 12.8. The second-order valence-electron chi connectivity index (χ2n) is 5.51. The molecule has 0 aliphatic rings. The maximum Gasteiger partial charge on any atom is 0.255 e. The zero-order valence-electron chi connectivity index (χ0n) is 12.7. The van der Waals surface area contributed by atoms with Gasteiger partial charge in [-0.2, -0.15) is 0 Å². The molecule has 0 radical (unpaired) electrons. The number of carbonyl (C=O) groups is 2. The second kappa shape index (κ2) is 6.91. The van der Waals surface area contributed by atoms with Gasteiger partial charge < -0.3 is 15.3 Å². The highest BCUT2D eigenvalue weighted by atomic mass is 35.5. The first-order valence-electron chi connectivity index (χ1n) is 6.73. The number of rotatable bonds is 5. The first-order valence-corrected chi connectivity index (χ1v) is 7.10.